The van der Waals surface area contributed by atoms with Gasteiger partial charge in [-0.3, -0.25) is 0 Å². The van der Waals surface area contributed by atoms with Crippen LogP contribution in [0, 0.1) is 5.82 Å². The van der Waals surface area contributed by atoms with E-state index in [4.69, 9.17) is 10.2 Å². The largest absolute Gasteiger partial charge is 0.395 e. The fraction of sp³-hybridized carbons (Fsp3) is 0.400. The maximum Gasteiger partial charge on any atom is 0.123 e. The zero-order valence-electron chi connectivity index (χ0n) is 8.08. The van der Waals surface area contributed by atoms with E-state index in [0.29, 0.717) is 6.54 Å². The van der Waals surface area contributed by atoms with E-state index in [9.17, 15) is 4.39 Å². The molecule has 0 unspecified atom stereocenters. The summed E-state index contributed by atoms with van der Waals surface area (Å²) in [4.78, 5) is 0. The van der Waals surface area contributed by atoms with Gasteiger partial charge in [-0.2, -0.15) is 0 Å². The minimum Gasteiger partial charge on any atom is -0.395 e. The minimum atomic E-state index is -0.375. The SMILES string of the molecule is OCC(CO)NCc1cc(F)ccc1Br. The summed E-state index contributed by atoms with van der Waals surface area (Å²) in [6.45, 7) is 0.0942. The Morgan fingerprint density at radius 1 is 1.33 bits per heavy atom. The molecule has 0 atom stereocenters. The maximum atomic E-state index is 12.9. The van der Waals surface area contributed by atoms with Crippen LogP contribution < -0.4 is 5.32 Å². The van der Waals surface area contributed by atoms with Crippen LogP contribution >= 0.6 is 15.9 Å². The third-order valence-electron chi connectivity index (χ3n) is 2.03. The molecule has 5 heteroatoms. The van der Waals surface area contributed by atoms with Gasteiger partial charge in [-0.1, -0.05) is 15.9 Å². The van der Waals surface area contributed by atoms with E-state index in [0.717, 1.165) is 10.0 Å². The fourth-order valence-electron chi connectivity index (χ4n) is 1.12. The van der Waals surface area contributed by atoms with Crippen molar-refractivity contribution >= 4 is 15.9 Å². The van der Waals surface area contributed by atoms with Crippen molar-refractivity contribution in [2.24, 2.45) is 0 Å². The van der Waals surface area contributed by atoms with E-state index in [1.54, 1.807) is 6.07 Å². The van der Waals surface area contributed by atoms with Gasteiger partial charge in [0.25, 0.3) is 0 Å². The lowest BCUT2D eigenvalue weighted by atomic mass is 10.2. The third-order valence-corrected chi connectivity index (χ3v) is 2.80. The molecule has 1 rings (SSSR count). The Kier molecular flexibility index (Phi) is 5.17. The predicted molar refractivity (Wildman–Crippen MR) is 58.9 cm³/mol. The summed E-state index contributed by atoms with van der Waals surface area (Å²) in [6.07, 6.45) is 0. The molecule has 1 aromatic carbocycles. The van der Waals surface area contributed by atoms with Gasteiger partial charge in [0.15, 0.2) is 0 Å². The molecular formula is C10H13BrFNO2. The molecule has 0 heterocycles. The molecule has 3 N–H and O–H groups in total. The lowest BCUT2D eigenvalue weighted by Gasteiger charge is -2.13. The van der Waals surface area contributed by atoms with Crippen molar-refractivity contribution in [3.8, 4) is 0 Å². The summed E-state index contributed by atoms with van der Waals surface area (Å²) in [5.74, 6) is -0.306. The van der Waals surface area contributed by atoms with E-state index >= 15 is 0 Å². The molecule has 0 amide bonds. The van der Waals surface area contributed by atoms with Crippen LogP contribution in [0.3, 0.4) is 0 Å². The molecule has 15 heavy (non-hydrogen) atoms. The van der Waals surface area contributed by atoms with Gasteiger partial charge < -0.3 is 15.5 Å². The van der Waals surface area contributed by atoms with Gasteiger partial charge in [-0.15, -0.1) is 0 Å². The quantitative estimate of drug-likeness (QED) is 0.754. The smallest absolute Gasteiger partial charge is 0.123 e. The van der Waals surface area contributed by atoms with Crippen LogP contribution in [-0.2, 0) is 6.54 Å². The van der Waals surface area contributed by atoms with Crippen LogP contribution in [0.1, 0.15) is 5.56 Å². The summed E-state index contributed by atoms with van der Waals surface area (Å²) in [5, 5.41) is 20.5. The molecular weight excluding hydrogens is 265 g/mol. The van der Waals surface area contributed by atoms with E-state index in [1.165, 1.54) is 12.1 Å². The van der Waals surface area contributed by atoms with Gasteiger partial charge in [0.2, 0.25) is 0 Å². The van der Waals surface area contributed by atoms with E-state index in [1.807, 2.05) is 0 Å². The van der Waals surface area contributed by atoms with Crippen molar-refractivity contribution in [3.05, 3.63) is 34.1 Å². The highest BCUT2D eigenvalue weighted by atomic mass is 79.9. The number of aliphatic hydroxyl groups is 2. The van der Waals surface area contributed by atoms with Crippen molar-refractivity contribution in [2.75, 3.05) is 13.2 Å². The highest BCUT2D eigenvalue weighted by Gasteiger charge is 2.06. The molecule has 0 saturated heterocycles. The van der Waals surface area contributed by atoms with Crippen molar-refractivity contribution < 1.29 is 14.6 Å². The van der Waals surface area contributed by atoms with Gasteiger partial charge in [0.1, 0.15) is 5.82 Å². The molecule has 1 aromatic rings. The lowest BCUT2D eigenvalue weighted by molar-refractivity contribution is 0.170. The molecule has 3 nitrogen and oxygen atoms in total. The molecule has 0 aromatic heterocycles. The normalized spacial score (nSPS) is 11.0. The van der Waals surface area contributed by atoms with Gasteiger partial charge in [0.05, 0.1) is 19.3 Å². The first-order chi connectivity index (χ1) is 7.17. The van der Waals surface area contributed by atoms with Gasteiger partial charge in [-0.25, -0.2) is 4.39 Å². The summed E-state index contributed by atoms with van der Waals surface area (Å²) >= 11 is 3.29. The van der Waals surface area contributed by atoms with Gasteiger partial charge >= 0.3 is 0 Å². The number of hydrogen-bond acceptors (Lipinski definition) is 3. The Morgan fingerprint density at radius 3 is 2.60 bits per heavy atom. The van der Waals surface area contributed by atoms with E-state index in [-0.39, 0.29) is 25.1 Å². The Morgan fingerprint density at radius 2 is 2.00 bits per heavy atom. The number of halogens is 2. The van der Waals surface area contributed by atoms with Crippen molar-refractivity contribution in [3.63, 3.8) is 0 Å². The monoisotopic (exact) mass is 277 g/mol. The number of nitrogens with one attached hydrogen (secondary N) is 1. The number of benzene rings is 1. The molecule has 0 radical (unpaired) electrons. The fourth-order valence-corrected chi connectivity index (χ4v) is 1.51. The molecule has 0 fully saturated rings. The van der Waals surface area contributed by atoms with E-state index < -0.39 is 0 Å². The van der Waals surface area contributed by atoms with Crippen LogP contribution in [0.2, 0.25) is 0 Å². The van der Waals surface area contributed by atoms with E-state index in [2.05, 4.69) is 21.2 Å². The Hall–Kier alpha value is -0.490. The van der Waals surface area contributed by atoms with Crippen LogP contribution in [-0.4, -0.2) is 29.5 Å². The van der Waals surface area contributed by atoms with Crippen molar-refractivity contribution in [1.82, 2.24) is 5.32 Å². The zero-order chi connectivity index (χ0) is 11.3. The first-order valence-electron chi connectivity index (χ1n) is 4.56. The highest BCUT2D eigenvalue weighted by Crippen LogP contribution is 2.17. The van der Waals surface area contributed by atoms with Crippen LogP contribution in [0.15, 0.2) is 22.7 Å². The molecule has 0 spiro atoms. The average molecular weight is 278 g/mol. The van der Waals surface area contributed by atoms with Crippen LogP contribution in [0.5, 0.6) is 0 Å². The summed E-state index contributed by atoms with van der Waals surface area (Å²) in [6, 6.07) is 4.02. The average Bonchev–Trinajstić information content (AvgIpc) is 2.24. The molecule has 0 bridgehead atoms. The van der Waals surface area contributed by atoms with Crippen LogP contribution in [0.25, 0.3) is 0 Å². The number of rotatable bonds is 5. The predicted octanol–water partition coefficient (Wildman–Crippen LogP) is 1.03. The highest BCUT2D eigenvalue weighted by molar-refractivity contribution is 9.10. The Balaban J connectivity index is 2.60. The summed E-state index contributed by atoms with van der Waals surface area (Å²) < 4.78 is 13.7. The minimum absolute atomic E-state index is 0.149. The summed E-state index contributed by atoms with van der Waals surface area (Å²) in [5.41, 5.74) is 0.752. The zero-order valence-corrected chi connectivity index (χ0v) is 9.67. The van der Waals surface area contributed by atoms with Gasteiger partial charge in [-0.05, 0) is 23.8 Å². The molecule has 84 valence electrons. The van der Waals surface area contributed by atoms with Crippen molar-refractivity contribution in [1.29, 1.82) is 0 Å². The number of hydrogen-bond donors (Lipinski definition) is 3. The van der Waals surface area contributed by atoms with Crippen LogP contribution in [0.4, 0.5) is 4.39 Å². The second kappa shape index (κ2) is 6.17. The second-order valence-corrected chi connectivity index (χ2v) is 4.03. The topological polar surface area (TPSA) is 52.5 Å². The third kappa shape index (κ3) is 3.87. The number of aliphatic hydroxyl groups excluding tert-OH is 2. The lowest BCUT2D eigenvalue weighted by Crippen LogP contribution is -2.35. The standard InChI is InChI=1S/C10H13BrFNO2/c11-10-2-1-8(12)3-7(10)4-13-9(5-14)6-15/h1-3,9,13-15H,4-6H2. The second-order valence-electron chi connectivity index (χ2n) is 3.18. The maximum absolute atomic E-state index is 12.9. The van der Waals surface area contributed by atoms with Gasteiger partial charge in [0, 0.05) is 11.0 Å². The van der Waals surface area contributed by atoms with Crippen molar-refractivity contribution in [2.45, 2.75) is 12.6 Å². The summed E-state index contributed by atoms with van der Waals surface area (Å²) in [7, 11) is 0. The Labute approximate surface area is 96.1 Å². The first kappa shape index (κ1) is 12.6. The molecule has 0 aliphatic heterocycles. The molecule has 0 aliphatic rings. The Bertz CT molecular complexity index is 318. The first-order valence-corrected chi connectivity index (χ1v) is 5.35. The molecule has 0 aliphatic carbocycles. The molecule has 0 saturated carbocycles.